The minimum absolute atomic E-state index is 0.0814. The number of nitrogens with one attached hydrogen (secondary N) is 1. The Bertz CT molecular complexity index is 288. The van der Waals surface area contributed by atoms with Gasteiger partial charge in [-0.25, -0.2) is 9.37 Å². The number of hydrogen-bond acceptors (Lipinski definition) is 3. The average Bonchev–Trinajstić information content (AvgIpc) is 2.15. The van der Waals surface area contributed by atoms with E-state index in [-0.39, 0.29) is 18.0 Å². The normalized spacial score (nSPS) is 26.6. The highest BCUT2D eigenvalue weighted by Crippen LogP contribution is 2.22. The molecule has 4 heteroatoms. The van der Waals surface area contributed by atoms with Crippen molar-refractivity contribution >= 4 is 5.82 Å². The Labute approximate surface area is 75.6 Å². The molecule has 0 amide bonds. The second-order valence-electron chi connectivity index (χ2n) is 3.26. The average molecular weight is 182 g/mol. The summed E-state index contributed by atoms with van der Waals surface area (Å²) >= 11 is 0. The minimum atomic E-state index is -0.347. The first-order valence-electron chi connectivity index (χ1n) is 4.32. The number of nitrogens with zero attached hydrogens (tertiary/aromatic N) is 1. The van der Waals surface area contributed by atoms with Crippen molar-refractivity contribution in [2.45, 2.75) is 25.0 Å². The van der Waals surface area contributed by atoms with Crippen LogP contribution in [0.3, 0.4) is 0 Å². The van der Waals surface area contributed by atoms with E-state index in [1.165, 1.54) is 6.07 Å². The van der Waals surface area contributed by atoms with E-state index in [1.54, 1.807) is 6.07 Å². The minimum Gasteiger partial charge on any atom is -0.391 e. The number of halogens is 1. The molecule has 1 aromatic rings. The molecule has 1 saturated carbocycles. The van der Waals surface area contributed by atoms with Gasteiger partial charge in [0.2, 0.25) is 0 Å². The van der Waals surface area contributed by atoms with Crippen molar-refractivity contribution in [1.82, 2.24) is 4.98 Å². The first-order chi connectivity index (χ1) is 6.25. The van der Waals surface area contributed by atoms with Crippen LogP contribution in [0.5, 0.6) is 0 Å². The fourth-order valence-electron chi connectivity index (χ4n) is 1.30. The Hall–Kier alpha value is -1.16. The summed E-state index contributed by atoms with van der Waals surface area (Å²) in [6, 6.07) is 3.00. The molecule has 2 atom stereocenters. The van der Waals surface area contributed by atoms with Crippen LogP contribution in [0, 0.1) is 5.82 Å². The largest absolute Gasteiger partial charge is 0.391 e. The van der Waals surface area contributed by atoms with Gasteiger partial charge in [-0.05, 0) is 25.0 Å². The molecular weight excluding hydrogens is 171 g/mol. The van der Waals surface area contributed by atoms with Gasteiger partial charge in [-0.3, -0.25) is 0 Å². The summed E-state index contributed by atoms with van der Waals surface area (Å²) in [6.07, 6.45) is 2.65. The van der Waals surface area contributed by atoms with Crippen LogP contribution in [0.4, 0.5) is 10.2 Å². The molecule has 1 aliphatic rings. The van der Waals surface area contributed by atoms with Crippen LogP contribution < -0.4 is 5.32 Å². The molecule has 1 fully saturated rings. The summed E-state index contributed by atoms with van der Waals surface area (Å²) in [5, 5.41) is 12.3. The molecule has 2 unspecified atom stereocenters. The third-order valence-corrected chi connectivity index (χ3v) is 2.30. The maximum Gasteiger partial charge on any atom is 0.141 e. The standard InChI is InChI=1S/C9H11FN2O/c10-6-1-4-9(11-5-6)12-7-2-3-8(7)13/h1,4-5,7-8,13H,2-3H2,(H,11,12). The van der Waals surface area contributed by atoms with Crippen molar-refractivity contribution in [3.63, 3.8) is 0 Å². The van der Waals surface area contributed by atoms with Crippen LogP contribution in [0.15, 0.2) is 18.3 Å². The van der Waals surface area contributed by atoms with Crippen molar-refractivity contribution in [2.75, 3.05) is 5.32 Å². The van der Waals surface area contributed by atoms with Crippen molar-refractivity contribution in [2.24, 2.45) is 0 Å². The fraction of sp³-hybridized carbons (Fsp3) is 0.444. The number of aliphatic hydroxyl groups excluding tert-OH is 1. The highest BCUT2D eigenvalue weighted by Gasteiger charge is 2.28. The van der Waals surface area contributed by atoms with Crippen LogP contribution in [-0.4, -0.2) is 22.2 Å². The molecule has 13 heavy (non-hydrogen) atoms. The third-order valence-electron chi connectivity index (χ3n) is 2.30. The lowest BCUT2D eigenvalue weighted by Gasteiger charge is -2.33. The zero-order valence-electron chi connectivity index (χ0n) is 7.07. The van der Waals surface area contributed by atoms with Gasteiger partial charge in [0.25, 0.3) is 0 Å². The lowest BCUT2D eigenvalue weighted by molar-refractivity contribution is 0.0784. The molecule has 1 aromatic heterocycles. The molecule has 1 aliphatic carbocycles. The molecule has 0 radical (unpaired) electrons. The maximum atomic E-state index is 12.5. The van der Waals surface area contributed by atoms with Gasteiger partial charge in [-0.1, -0.05) is 0 Å². The van der Waals surface area contributed by atoms with E-state index < -0.39 is 0 Å². The van der Waals surface area contributed by atoms with Crippen LogP contribution in [0.25, 0.3) is 0 Å². The van der Waals surface area contributed by atoms with Gasteiger partial charge in [0.15, 0.2) is 0 Å². The zero-order valence-corrected chi connectivity index (χ0v) is 7.07. The molecule has 2 N–H and O–H groups in total. The molecule has 0 aliphatic heterocycles. The van der Waals surface area contributed by atoms with Gasteiger partial charge >= 0.3 is 0 Å². The fourth-order valence-corrected chi connectivity index (χ4v) is 1.30. The Balaban J connectivity index is 1.98. The topological polar surface area (TPSA) is 45.1 Å². The predicted octanol–water partition coefficient (Wildman–Crippen LogP) is 1.16. The van der Waals surface area contributed by atoms with Gasteiger partial charge in [-0.15, -0.1) is 0 Å². The molecule has 0 spiro atoms. The Morgan fingerprint density at radius 3 is 2.77 bits per heavy atom. The van der Waals surface area contributed by atoms with Crippen LogP contribution in [-0.2, 0) is 0 Å². The number of hydrogen-bond donors (Lipinski definition) is 2. The third kappa shape index (κ3) is 1.78. The Kier molecular flexibility index (Phi) is 2.14. The van der Waals surface area contributed by atoms with Crippen LogP contribution in [0.1, 0.15) is 12.8 Å². The number of pyridine rings is 1. The van der Waals surface area contributed by atoms with E-state index in [4.69, 9.17) is 0 Å². The molecular formula is C9H11FN2O. The second-order valence-corrected chi connectivity index (χ2v) is 3.26. The number of aromatic nitrogens is 1. The summed E-state index contributed by atoms with van der Waals surface area (Å²) in [4.78, 5) is 3.84. The number of aliphatic hydroxyl groups is 1. The monoisotopic (exact) mass is 182 g/mol. The number of rotatable bonds is 2. The highest BCUT2D eigenvalue weighted by molar-refractivity contribution is 5.36. The van der Waals surface area contributed by atoms with E-state index in [0.29, 0.717) is 5.82 Å². The summed E-state index contributed by atoms with van der Waals surface area (Å²) in [5.74, 6) is 0.268. The van der Waals surface area contributed by atoms with Crippen molar-refractivity contribution in [1.29, 1.82) is 0 Å². The van der Waals surface area contributed by atoms with E-state index in [1.807, 2.05) is 0 Å². The van der Waals surface area contributed by atoms with Crippen molar-refractivity contribution < 1.29 is 9.50 Å². The second kappa shape index (κ2) is 3.30. The quantitative estimate of drug-likeness (QED) is 0.721. The molecule has 1 heterocycles. The lowest BCUT2D eigenvalue weighted by atomic mass is 9.89. The SMILES string of the molecule is OC1CCC1Nc1ccc(F)cn1. The maximum absolute atomic E-state index is 12.5. The Morgan fingerprint density at radius 1 is 1.46 bits per heavy atom. The van der Waals surface area contributed by atoms with Gasteiger partial charge in [0.05, 0.1) is 18.3 Å². The van der Waals surface area contributed by atoms with Crippen LogP contribution >= 0.6 is 0 Å². The van der Waals surface area contributed by atoms with E-state index >= 15 is 0 Å². The van der Waals surface area contributed by atoms with E-state index in [0.717, 1.165) is 19.0 Å². The van der Waals surface area contributed by atoms with Crippen LogP contribution in [0.2, 0.25) is 0 Å². The van der Waals surface area contributed by atoms with Crippen molar-refractivity contribution in [3.05, 3.63) is 24.1 Å². The van der Waals surface area contributed by atoms with E-state index in [9.17, 15) is 9.50 Å². The lowest BCUT2D eigenvalue weighted by Crippen LogP contribution is -2.42. The molecule has 0 saturated heterocycles. The predicted molar refractivity (Wildman–Crippen MR) is 46.8 cm³/mol. The van der Waals surface area contributed by atoms with Gasteiger partial charge in [0, 0.05) is 0 Å². The smallest absolute Gasteiger partial charge is 0.141 e. The van der Waals surface area contributed by atoms with E-state index in [2.05, 4.69) is 10.3 Å². The summed E-state index contributed by atoms with van der Waals surface area (Å²) in [5.41, 5.74) is 0. The zero-order chi connectivity index (χ0) is 9.26. The molecule has 70 valence electrons. The summed E-state index contributed by atoms with van der Waals surface area (Å²) in [7, 11) is 0. The summed E-state index contributed by atoms with van der Waals surface area (Å²) < 4.78 is 12.5. The highest BCUT2D eigenvalue weighted by atomic mass is 19.1. The summed E-state index contributed by atoms with van der Waals surface area (Å²) in [6.45, 7) is 0. The molecule has 0 bridgehead atoms. The molecule has 0 aromatic carbocycles. The molecule has 3 nitrogen and oxygen atoms in total. The first kappa shape index (κ1) is 8.44. The number of anilines is 1. The first-order valence-corrected chi connectivity index (χ1v) is 4.32. The van der Waals surface area contributed by atoms with Crippen molar-refractivity contribution in [3.8, 4) is 0 Å². The Morgan fingerprint density at radius 2 is 2.31 bits per heavy atom. The van der Waals surface area contributed by atoms with Gasteiger partial charge < -0.3 is 10.4 Å². The molecule has 2 rings (SSSR count). The van der Waals surface area contributed by atoms with Gasteiger partial charge in [-0.2, -0.15) is 0 Å². The van der Waals surface area contributed by atoms with Gasteiger partial charge in [0.1, 0.15) is 11.6 Å².